The summed E-state index contributed by atoms with van der Waals surface area (Å²) in [7, 11) is 0. The molecule has 1 aromatic rings. The van der Waals surface area contributed by atoms with Gasteiger partial charge in [-0.05, 0) is 43.1 Å². The van der Waals surface area contributed by atoms with Gasteiger partial charge in [0.1, 0.15) is 0 Å². The molecule has 23 heavy (non-hydrogen) atoms. The summed E-state index contributed by atoms with van der Waals surface area (Å²) >= 11 is 0. The smallest absolute Gasteiger partial charge is 0.317 e. The Morgan fingerprint density at radius 1 is 1.39 bits per heavy atom. The molecule has 1 aliphatic heterocycles. The number of aliphatic hydroxyl groups excluding tert-OH is 1. The van der Waals surface area contributed by atoms with Crippen molar-refractivity contribution < 1.29 is 9.90 Å². The predicted octanol–water partition coefficient (Wildman–Crippen LogP) is 3.16. The molecule has 1 fully saturated rings. The second kappa shape index (κ2) is 7.82. The number of nitrogens with zero attached hydrogens (tertiary/aromatic N) is 1. The molecule has 1 aromatic carbocycles. The van der Waals surface area contributed by atoms with Crippen molar-refractivity contribution in [2.24, 2.45) is 5.92 Å². The zero-order valence-electron chi connectivity index (χ0n) is 14.6. The van der Waals surface area contributed by atoms with Crippen molar-refractivity contribution in [3.8, 4) is 0 Å². The zero-order chi connectivity index (χ0) is 16.9. The molecular weight excluding hydrogens is 288 g/mol. The molecule has 0 aliphatic carbocycles. The fourth-order valence-electron chi connectivity index (χ4n) is 3.52. The van der Waals surface area contributed by atoms with Crippen LogP contribution in [0, 0.1) is 5.92 Å². The second-order valence-electron chi connectivity index (χ2n) is 7.44. The summed E-state index contributed by atoms with van der Waals surface area (Å²) < 4.78 is 0. The van der Waals surface area contributed by atoms with Gasteiger partial charge in [-0.1, -0.05) is 44.2 Å². The summed E-state index contributed by atoms with van der Waals surface area (Å²) in [5.41, 5.74) is 1.31. The lowest BCUT2D eigenvalue weighted by molar-refractivity contribution is 0.127. The van der Waals surface area contributed by atoms with Gasteiger partial charge in [0.2, 0.25) is 0 Å². The molecular formula is C19H30N2O2. The first-order valence-corrected chi connectivity index (χ1v) is 8.64. The first kappa shape index (κ1) is 17.8. The van der Waals surface area contributed by atoms with Crippen LogP contribution in [-0.2, 0) is 5.41 Å². The maximum absolute atomic E-state index is 12.4. The average Bonchev–Trinajstić information content (AvgIpc) is 2.55. The Morgan fingerprint density at radius 2 is 2.09 bits per heavy atom. The Hall–Kier alpha value is -1.55. The fourth-order valence-corrected chi connectivity index (χ4v) is 3.52. The van der Waals surface area contributed by atoms with E-state index in [0.29, 0.717) is 6.54 Å². The van der Waals surface area contributed by atoms with Gasteiger partial charge >= 0.3 is 6.03 Å². The molecule has 2 unspecified atom stereocenters. The molecule has 128 valence electrons. The van der Waals surface area contributed by atoms with Gasteiger partial charge in [-0.25, -0.2) is 4.79 Å². The third-order valence-electron chi connectivity index (χ3n) is 4.81. The molecule has 2 N–H and O–H groups in total. The monoisotopic (exact) mass is 318 g/mol. The van der Waals surface area contributed by atoms with E-state index in [9.17, 15) is 9.90 Å². The molecule has 2 atom stereocenters. The maximum Gasteiger partial charge on any atom is 0.317 e. The molecule has 2 amide bonds. The van der Waals surface area contributed by atoms with Gasteiger partial charge in [0.05, 0.1) is 0 Å². The van der Waals surface area contributed by atoms with E-state index in [1.54, 1.807) is 0 Å². The SMILES string of the molecule is CC(CC(C)(C)c1ccccc1)NC(=O)N1CCCC(CO)C1. The molecule has 2 rings (SSSR count). The van der Waals surface area contributed by atoms with E-state index in [1.807, 2.05) is 11.0 Å². The van der Waals surface area contributed by atoms with Crippen LogP contribution in [0.2, 0.25) is 0 Å². The van der Waals surface area contributed by atoms with Crippen molar-refractivity contribution in [2.75, 3.05) is 19.7 Å². The largest absolute Gasteiger partial charge is 0.396 e. The van der Waals surface area contributed by atoms with Crippen LogP contribution in [-0.4, -0.2) is 41.8 Å². The van der Waals surface area contributed by atoms with Crippen LogP contribution < -0.4 is 5.32 Å². The number of likely N-dealkylation sites (tertiary alicyclic amines) is 1. The highest BCUT2D eigenvalue weighted by atomic mass is 16.3. The van der Waals surface area contributed by atoms with Crippen LogP contribution in [0.3, 0.4) is 0 Å². The third-order valence-corrected chi connectivity index (χ3v) is 4.81. The summed E-state index contributed by atoms with van der Waals surface area (Å²) in [6, 6.07) is 10.5. The predicted molar refractivity (Wildman–Crippen MR) is 93.5 cm³/mol. The third kappa shape index (κ3) is 4.96. The van der Waals surface area contributed by atoms with Crippen molar-refractivity contribution in [3.05, 3.63) is 35.9 Å². The summed E-state index contributed by atoms with van der Waals surface area (Å²) in [6.07, 6.45) is 2.87. The van der Waals surface area contributed by atoms with Crippen molar-refractivity contribution in [3.63, 3.8) is 0 Å². The average molecular weight is 318 g/mol. The summed E-state index contributed by atoms with van der Waals surface area (Å²) in [4.78, 5) is 14.3. The van der Waals surface area contributed by atoms with E-state index in [2.05, 4.69) is 50.4 Å². The van der Waals surface area contributed by atoms with Crippen LogP contribution in [0.4, 0.5) is 4.79 Å². The van der Waals surface area contributed by atoms with Gasteiger partial charge in [0.15, 0.2) is 0 Å². The number of carbonyl (C=O) groups excluding carboxylic acids is 1. The van der Waals surface area contributed by atoms with E-state index in [4.69, 9.17) is 0 Å². The van der Waals surface area contributed by atoms with Crippen molar-refractivity contribution >= 4 is 6.03 Å². The zero-order valence-corrected chi connectivity index (χ0v) is 14.6. The lowest BCUT2D eigenvalue weighted by Gasteiger charge is -2.34. The molecule has 4 heteroatoms. The molecule has 4 nitrogen and oxygen atoms in total. The maximum atomic E-state index is 12.4. The number of hydrogen-bond acceptors (Lipinski definition) is 2. The van der Waals surface area contributed by atoms with Crippen LogP contribution in [0.25, 0.3) is 0 Å². The van der Waals surface area contributed by atoms with Crippen molar-refractivity contribution in [1.82, 2.24) is 10.2 Å². The van der Waals surface area contributed by atoms with E-state index < -0.39 is 0 Å². The first-order valence-electron chi connectivity index (χ1n) is 8.64. The highest BCUT2D eigenvalue weighted by Gasteiger charge is 2.27. The minimum absolute atomic E-state index is 0.000452. The Balaban J connectivity index is 1.88. The lowest BCUT2D eigenvalue weighted by atomic mass is 9.79. The summed E-state index contributed by atoms with van der Waals surface area (Å²) in [5.74, 6) is 0.227. The Morgan fingerprint density at radius 3 is 2.74 bits per heavy atom. The van der Waals surface area contributed by atoms with E-state index in [1.165, 1.54) is 5.56 Å². The van der Waals surface area contributed by atoms with Crippen LogP contribution >= 0.6 is 0 Å². The molecule has 1 saturated heterocycles. The number of hydrogen-bond donors (Lipinski definition) is 2. The minimum Gasteiger partial charge on any atom is -0.396 e. The van der Waals surface area contributed by atoms with Gasteiger partial charge in [0.25, 0.3) is 0 Å². The number of amides is 2. The van der Waals surface area contributed by atoms with E-state index >= 15 is 0 Å². The molecule has 1 aliphatic rings. The van der Waals surface area contributed by atoms with E-state index in [0.717, 1.165) is 25.8 Å². The Kier molecular flexibility index (Phi) is 6.05. The molecule has 1 heterocycles. The number of aliphatic hydroxyl groups is 1. The lowest BCUT2D eigenvalue weighted by Crippen LogP contribution is -2.49. The van der Waals surface area contributed by atoms with Gasteiger partial charge in [-0.15, -0.1) is 0 Å². The Labute approximate surface area is 139 Å². The highest BCUT2D eigenvalue weighted by molar-refractivity contribution is 5.74. The highest BCUT2D eigenvalue weighted by Crippen LogP contribution is 2.28. The summed E-state index contributed by atoms with van der Waals surface area (Å²) in [6.45, 7) is 8.12. The molecule has 0 saturated carbocycles. The quantitative estimate of drug-likeness (QED) is 0.876. The van der Waals surface area contributed by atoms with Gasteiger partial charge in [-0.3, -0.25) is 0 Å². The number of piperidine rings is 1. The van der Waals surface area contributed by atoms with E-state index in [-0.39, 0.29) is 30.0 Å². The second-order valence-corrected chi connectivity index (χ2v) is 7.44. The normalized spacial score (nSPS) is 20.2. The van der Waals surface area contributed by atoms with Crippen LogP contribution in [0.1, 0.15) is 45.6 Å². The van der Waals surface area contributed by atoms with Crippen molar-refractivity contribution in [2.45, 2.75) is 51.5 Å². The minimum atomic E-state index is -0.000452. The number of urea groups is 1. The molecule has 0 aromatic heterocycles. The fraction of sp³-hybridized carbons (Fsp3) is 0.632. The van der Waals surface area contributed by atoms with Gasteiger partial charge in [-0.2, -0.15) is 0 Å². The van der Waals surface area contributed by atoms with Crippen molar-refractivity contribution in [1.29, 1.82) is 0 Å². The number of carbonyl (C=O) groups is 1. The number of nitrogens with one attached hydrogen (secondary N) is 1. The standard InChI is InChI=1S/C19H30N2O2/c1-15(12-19(2,3)17-9-5-4-6-10-17)20-18(23)21-11-7-8-16(13-21)14-22/h4-6,9-10,15-16,22H,7-8,11-14H2,1-3H3,(H,20,23). The first-order chi connectivity index (χ1) is 10.9. The van der Waals surface area contributed by atoms with Crippen LogP contribution in [0.5, 0.6) is 0 Å². The van der Waals surface area contributed by atoms with Gasteiger partial charge < -0.3 is 15.3 Å². The topological polar surface area (TPSA) is 52.6 Å². The number of benzene rings is 1. The van der Waals surface area contributed by atoms with Crippen LogP contribution in [0.15, 0.2) is 30.3 Å². The molecule has 0 bridgehead atoms. The number of rotatable bonds is 5. The molecule has 0 radical (unpaired) electrons. The van der Waals surface area contributed by atoms with Gasteiger partial charge in [0, 0.05) is 25.7 Å². The summed E-state index contributed by atoms with van der Waals surface area (Å²) in [5, 5.41) is 12.4. The molecule has 0 spiro atoms. The Bertz CT molecular complexity index is 501.